The Morgan fingerprint density at radius 3 is 2.81 bits per heavy atom. The van der Waals surface area contributed by atoms with Gasteiger partial charge in [0.25, 0.3) is 0 Å². The van der Waals surface area contributed by atoms with E-state index < -0.39 is 0 Å². The minimum atomic E-state index is -0.134. The number of ether oxygens (including phenoxy) is 2. The van der Waals surface area contributed by atoms with Crippen molar-refractivity contribution in [1.29, 1.82) is 0 Å². The van der Waals surface area contributed by atoms with E-state index in [9.17, 15) is 4.79 Å². The van der Waals surface area contributed by atoms with Gasteiger partial charge in [-0.1, -0.05) is 6.42 Å². The van der Waals surface area contributed by atoms with Crippen molar-refractivity contribution in [3.8, 4) is 0 Å². The molecule has 0 bridgehead atoms. The molecule has 1 amide bonds. The highest BCUT2D eigenvalue weighted by molar-refractivity contribution is 5.77. The molecule has 0 aromatic heterocycles. The van der Waals surface area contributed by atoms with E-state index in [1.165, 1.54) is 6.42 Å². The summed E-state index contributed by atoms with van der Waals surface area (Å²) in [5.74, 6) is 0.0601. The zero-order valence-corrected chi connectivity index (χ0v) is 9.78. The molecule has 16 heavy (non-hydrogen) atoms. The van der Waals surface area contributed by atoms with Crippen LogP contribution in [0.1, 0.15) is 19.3 Å². The molecule has 0 spiro atoms. The van der Waals surface area contributed by atoms with Gasteiger partial charge in [0.15, 0.2) is 6.29 Å². The Bertz CT molecular complexity index is 241. The molecule has 1 N–H and O–H groups in total. The topological polar surface area (TPSA) is 50.8 Å². The lowest BCUT2D eigenvalue weighted by molar-refractivity contribution is -0.130. The van der Waals surface area contributed by atoms with Crippen LogP contribution < -0.4 is 5.32 Å². The minimum Gasteiger partial charge on any atom is -0.358 e. The molecule has 1 unspecified atom stereocenters. The molecule has 0 radical (unpaired) electrons. The molecule has 0 saturated carbocycles. The van der Waals surface area contributed by atoms with Gasteiger partial charge in [0.1, 0.15) is 0 Å². The third-order valence-electron chi connectivity index (χ3n) is 3.25. The molecule has 0 aliphatic carbocycles. The van der Waals surface area contributed by atoms with Gasteiger partial charge in [-0.3, -0.25) is 9.69 Å². The first kappa shape index (κ1) is 11.8. The van der Waals surface area contributed by atoms with Gasteiger partial charge in [-0.15, -0.1) is 0 Å². The van der Waals surface area contributed by atoms with Gasteiger partial charge in [-0.2, -0.15) is 0 Å². The second-order valence-corrected chi connectivity index (χ2v) is 4.32. The highest BCUT2D eigenvalue weighted by Gasteiger charge is 2.34. The predicted octanol–water partition coefficient (Wildman–Crippen LogP) is -0.0402. The molecule has 1 atom stereocenters. The summed E-state index contributed by atoms with van der Waals surface area (Å²) in [7, 11) is 1.67. The third-order valence-corrected chi connectivity index (χ3v) is 3.25. The van der Waals surface area contributed by atoms with Gasteiger partial charge >= 0.3 is 0 Å². The van der Waals surface area contributed by atoms with E-state index in [4.69, 9.17) is 9.47 Å². The summed E-state index contributed by atoms with van der Waals surface area (Å²) in [5.41, 5.74) is 0. The number of piperidine rings is 1. The summed E-state index contributed by atoms with van der Waals surface area (Å²) in [6, 6.07) is 0.244. The molecule has 0 aromatic carbocycles. The smallest absolute Gasteiger partial charge is 0.233 e. The van der Waals surface area contributed by atoms with Crippen LogP contribution in [-0.4, -0.2) is 56.5 Å². The zero-order chi connectivity index (χ0) is 11.4. The number of likely N-dealkylation sites (tertiary alicyclic amines) is 1. The van der Waals surface area contributed by atoms with Crippen LogP contribution in [0.3, 0.4) is 0 Å². The van der Waals surface area contributed by atoms with Crippen LogP contribution in [-0.2, 0) is 14.3 Å². The summed E-state index contributed by atoms with van der Waals surface area (Å²) in [6.07, 6.45) is 3.27. The van der Waals surface area contributed by atoms with Crippen molar-refractivity contribution in [2.24, 2.45) is 0 Å². The molecule has 2 aliphatic rings. The molecule has 2 aliphatic heterocycles. The summed E-state index contributed by atoms with van der Waals surface area (Å²) in [5, 5.41) is 2.66. The van der Waals surface area contributed by atoms with Crippen LogP contribution in [0.5, 0.6) is 0 Å². The van der Waals surface area contributed by atoms with Crippen LogP contribution in [0.25, 0.3) is 0 Å². The maximum absolute atomic E-state index is 11.4. The Labute approximate surface area is 96.1 Å². The van der Waals surface area contributed by atoms with Gasteiger partial charge in [-0.25, -0.2) is 0 Å². The van der Waals surface area contributed by atoms with E-state index in [2.05, 4.69) is 10.2 Å². The van der Waals surface area contributed by atoms with E-state index in [0.717, 1.165) is 19.4 Å². The largest absolute Gasteiger partial charge is 0.358 e. The van der Waals surface area contributed by atoms with E-state index in [1.54, 1.807) is 7.05 Å². The van der Waals surface area contributed by atoms with E-state index in [-0.39, 0.29) is 18.2 Å². The average molecular weight is 228 g/mol. The van der Waals surface area contributed by atoms with Crippen molar-refractivity contribution in [2.75, 3.05) is 33.4 Å². The van der Waals surface area contributed by atoms with Crippen LogP contribution in [0, 0.1) is 0 Å². The minimum absolute atomic E-state index is 0.0601. The fraction of sp³-hybridized carbons (Fsp3) is 0.909. The molecule has 2 fully saturated rings. The van der Waals surface area contributed by atoms with Crippen molar-refractivity contribution < 1.29 is 14.3 Å². The Hall–Kier alpha value is -0.650. The van der Waals surface area contributed by atoms with Gasteiger partial charge in [0.2, 0.25) is 5.91 Å². The van der Waals surface area contributed by atoms with Gasteiger partial charge in [-0.05, 0) is 19.4 Å². The Kier molecular flexibility index (Phi) is 4.15. The molecule has 0 aromatic rings. The number of hydrogen-bond acceptors (Lipinski definition) is 4. The Balaban J connectivity index is 1.93. The van der Waals surface area contributed by atoms with E-state index in [0.29, 0.717) is 19.8 Å². The van der Waals surface area contributed by atoms with Crippen LogP contribution in [0.15, 0.2) is 0 Å². The fourth-order valence-corrected chi connectivity index (χ4v) is 2.38. The molecule has 5 heteroatoms. The normalized spacial score (nSPS) is 28.2. The number of nitrogens with zero attached hydrogens (tertiary/aromatic N) is 1. The summed E-state index contributed by atoms with van der Waals surface area (Å²) >= 11 is 0. The van der Waals surface area contributed by atoms with Crippen molar-refractivity contribution in [3.05, 3.63) is 0 Å². The zero-order valence-electron chi connectivity index (χ0n) is 9.78. The van der Waals surface area contributed by atoms with Crippen LogP contribution in [0.2, 0.25) is 0 Å². The van der Waals surface area contributed by atoms with Crippen LogP contribution >= 0.6 is 0 Å². The molecule has 2 saturated heterocycles. The quantitative estimate of drug-likeness (QED) is 0.736. The molecule has 5 nitrogen and oxygen atoms in total. The molecule has 2 heterocycles. The predicted molar refractivity (Wildman–Crippen MR) is 59.0 cm³/mol. The van der Waals surface area contributed by atoms with Gasteiger partial charge in [0, 0.05) is 7.05 Å². The highest BCUT2D eigenvalue weighted by atomic mass is 16.7. The average Bonchev–Trinajstić information content (AvgIpc) is 2.83. The number of nitrogens with one attached hydrogen (secondary N) is 1. The number of likely N-dealkylation sites (N-methyl/N-ethyl adjacent to an activating group) is 1. The summed E-state index contributed by atoms with van der Waals surface area (Å²) in [6.45, 7) is 2.76. The maximum atomic E-state index is 11.4. The van der Waals surface area contributed by atoms with Crippen molar-refractivity contribution in [1.82, 2.24) is 10.2 Å². The van der Waals surface area contributed by atoms with E-state index in [1.807, 2.05) is 0 Å². The second kappa shape index (κ2) is 5.61. The Morgan fingerprint density at radius 2 is 2.12 bits per heavy atom. The fourth-order valence-electron chi connectivity index (χ4n) is 2.38. The third kappa shape index (κ3) is 2.72. The number of hydrogen-bond donors (Lipinski definition) is 1. The van der Waals surface area contributed by atoms with Crippen LogP contribution in [0.4, 0.5) is 0 Å². The first-order chi connectivity index (χ1) is 7.81. The highest BCUT2D eigenvalue weighted by Crippen LogP contribution is 2.23. The van der Waals surface area contributed by atoms with Crippen molar-refractivity contribution >= 4 is 5.91 Å². The van der Waals surface area contributed by atoms with Gasteiger partial charge < -0.3 is 14.8 Å². The SMILES string of the molecule is CNC(=O)CN1CCCCC1C1OCCO1. The lowest BCUT2D eigenvalue weighted by Crippen LogP contribution is -2.50. The lowest BCUT2D eigenvalue weighted by atomic mass is 10.0. The Morgan fingerprint density at radius 1 is 1.38 bits per heavy atom. The van der Waals surface area contributed by atoms with E-state index >= 15 is 0 Å². The first-order valence-corrected chi connectivity index (χ1v) is 5.99. The summed E-state index contributed by atoms with van der Waals surface area (Å²) in [4.78, 5) is 13.6. The first-order valence-electron chi connectivity index (χ1n) is 5.99. The van der Waals surface area contributed by atoms with Gasteiger partial charge in [0.05, 0.1) is 25.8 Å². The van der Waals surface area contributed by atoms with Crippen molar-refractivity contribution in [2.45, 2.75) is 31.6 Å². The number of carbonyl (C=O) groups excluding carboxylic acids is 1. The standard InChI is InChI=1S/C11H20N2O3/c1-12-10(14)8-13-5-3-2-4-9(13)11-15-6-7-16-11/h9,11H,2-8H2,1H3,(H,12,14). The molecular formula is C11H20N2O3. The monoisotopic (exact) mass is 228 g/mol. The number of amides is 1. The molecular weight excluding hydrogens is 208 g/mol. The maximum Gasteiger partial charge on any atom is 0.233 e. The lowest BCUT2D eigenvalue weighted by Gasteiger charge is -2.37. The molecule has 92 valence electrons. The van der Waals surface area contributed by atoms with Crippen molar-refractivity contribution in [3.63, 3.8) is 0 Å². The number of rotatable bonds is 3. The summed E-state index contributed by atoms with van der Waals surface area (Å²) < 4.78 is 11.1. The molecule has 2 rings (SSSR count). The number of carbonyl (C=O) groups is 1. The second-order valence-electron chi connectivity index (χ2n) is 4.32.